The van der Waals surface area contributed by atoms with Crippen molar-refractivity contribution in [3.63, 3.8) is 0 Å². The lowest BCUT2D eigenvalue weighted by Crippen LogP contribution is -2.60. The number of carbonyl (C=O) groups excluding carboxylic acids is 2. The van der Waals surface area contributed by atoms with Crippen LogP contribution in [0.25, 0.3) is 10.4 Å². The average Bonchev–Trinajstić information content (AvgIpc) is 3.19. The van der Waals surface area contributed by atoms with Crippen molar-refractivity contribution in [2.24, 2.45) is 5.92 Å². The molecule has 0 aliphatic carbocycles. The van der Waals surface area contributed by atoms with Gasteiger partial charge in [-0.25, -0.2) is 4.98 Å². The maximum Gasteiger partial charge on any atom is 0.471 e. The van der Waals surface area contributed by atoms with Crippen LogP contribution in [0.1, 0.15) is 29.6 Å². The molecule has 4 heterocycles. The van der Waals surface area contributed by atoms with Crippen molar-refractivity contribution in [2.75, 3.05) is 18.4 Å². The van der Waals surface area contributed by atoms with Crippen LogP contribution in [0.5, 0.6) is 0 Å². The number of hydrogen-bond donors (Lipinski definition) is 2. The summed E-state index contributed by atoms with van der Waals surface area (Å²) in [6, 6.07) is 6.68. The van der Waals surface area contributed by atoms with Crippen LogP contribution >= 0.6 is 11.3 Å². The minimum absolute atomic E-state index is 0.0237. The number of halogens is 3. The summed E-state index contributed by atoms with van der Waals surface area (Å²) in [4.78, 5) is 31.0. The molecule has 3 aliphatic rings. The van der Waals surface area contributed by atoms with Gasteiger partial charge in [-0.1, -0.05) is 12.1 Å². The highest BCUT2D eigenvalue weighted by Crippen LogP contribution is 2.33. The zero-order chi connectivity index (χ0) is 21.5. The Morgan fingerprint density at radius 3 is 2.77 bits per heavy atom. The zero-order valence-electron chi connectivity index (χ0n) is 16.2. The van der Waals surface area contributed by atoms with Crippen LogP contribution in [0.3, 0.4) is 0 Å². The lowest BCUT2D eigenvalue weighted by atomic mass is 9.80. The van der Waals surface area contributed by atoms with Crippen molar-refractivity contribution in [3.8, 4) is 10.4 Å². The molecule has 3 aliphatic heterocycles. The van der Waals surface area contributed by atoms with E-state index >= 15 is 0 Å². The fourth-order valence-electron chi connectivity index (χ4n) is 4.15. The van der Waals surface area contributed by atoms with Gasteiger partial charge in [0.15, 0.2) is 5.01 Å². The predicted octanol–water partition coefficient (Wildman–Crippen LogP) is 3.52. The molecule has 5 rings (SSSR count). The number of thiazole rings is 1. The first-order chi connectivity index (χ1) is 14.2. The SMILES string of the molecule is CC1CC2CCN1C[C@@H]2NC(=O)c1ncc(-c2cccc(NC(=O)C(F)(F)F)c2)s1. The lowest BCUT2D eigenvalue weighted by Gasteiger charge is -2.48. The van der Waals surface area contributed by atoms with Gasteiger partial charge in [0.2, 0.25) is 0 Å². The number of aromatic nitrogens is 1. The number of anilines is 1. The largest absolute Gasteiger partial charge is 0.471 e. The molecule has 2 amide bonds. The molecule has 160 valence electrons. The molecule has 1 aromatic carbocycles. The lowest BCUT2D eigenvalue weighted by molar-refractivity contribution is -0.167. The summed E-state index contributed by atoms with van der Waals surface area (Å²) >= 11 is 1.16. The maximum absolute atomic E-state index is 12.7. The van der Waals surface area contributed by atoms with Gasteiger partial charge < -0.3 is 10.6 Å². The topological polar surface area (TPSA) is 74.3 Å². The molecule has 6 nitrogen and oxygen atoms in total. The molecular formula is C20H21F3N4O2S. The molecule has 2 N–H and O–H groups in total. The molecular weight excluding hydrogens is 417 g/mol. The summed E-state index contributed by atoms with van der Waals surface area (Å²) in [7, 11) is 0. The van der Waals surface area contributed by atoms with Crippen molar-refractivity contribution < 1.29 is 22.8 Å². The summed E-state index contributed by atoms with van der Waals surface area (Å²) in [6.45, 7) is 4.13. The summed E-state index contributed by atoms with van der Waals surface area (Å²) < 4.78 is 37.4. The Bertz CT molecular complexity index is 962. The Balaban J connectivity index is 1.43. The van der Waals surface area contributed by atoms with Gasteiger partial charge in [-0.15, -0.1) is 11.3 Å². The van der Waals surface area contributed by atoms with E-state index in [4.69, 9.17) is 0 Å². The van der Waals surface area contributed by atoms with Crippen molar-refractivity contribution in [1.82, 2.24) is 15.2 Å². The third kappa shape index (κ3) is 4.34. The monoisotopic (exact) mass is 438 g/mol. The smallest absolute Gasteiger partial charge is 0.346 e. The second-order valence-electron chi connectivity index (χ2n) is 7.77. The number of alkyl halides is 3. The van der Waals surface area contributed by atoms with Crippen molar-refractivity contribution in [2.45, 2.75) is 38.0 Å². The number of nitrogens with one attached hydrogen (secondary N) is 2. The Morgan fingerprint density at radius 2 is 2.10 bits per heavy atom. The molecule has 2 aromatic rings. The Kier molecular flexibility index (Phi) is 5.54. The Morgan fingerprint density at radius 1 is 1.30 bits per heavy atom. The number of fused-ring (bicyclic) bond motifs is 3. The van der Waals surface area contributed by atoms with Gasteiger partial charge in [0.1, 0.15) is 0 Å². The van der Waals surface area contributed by atoms with E-state index in [1.165, 1.54) is 24.4 Å². The van der Waals surface area contributed by atoms with Crippen LogP contribution in [0.2, 0.25) is 0 Å². The van der Waals surface area contributed by atoms with Gasteiger partial charge in [-0.05, 0) is 49.9 Å². The molecule has 0 radical (unpaired) electrons. The van der Waals surface area contributed by atoms with Crippen LogP contribution in [0, 0.1) is 5.92 Å². The quantitative estimate of drug-likeness (QED) is 0.766. The van der Waals surface area contributed by atoms with Crippen LogP contribution in [0.15, 0.2) is 30.5 Å². The van der Waals surface area contributed by atoms with Crippen LogP contribution < -0.4 is 10.6 Å². The van der Waals surface area contributed by atoms with E-state index in [1.807, 2.05) is 5.32 Å². The van der Waals surface area contributed by atoms with Crippen molar-refractivity contribution in [3.05, 3.63) is 35.5 Å². The van der Waals surface area contributed by atoms with E-state index in [0.717, 1.165) is 37.3 Å². The molecule has 2 bridgehead atoms. The molecule has 3 fully saturated rings. The van der Waals surface area contributed by atoms with Gasteiger partial charge >= 0.3 is 12.1 Å². The molecule has 4 atom stereocenters. The van der Waals surface area contributed by atoms with E-state index < -0.39 is 12.1 Å². The molecule has 3 saturated heterocycles. The highest BCUT2D eigenvalue weighted by molar-refractivity contribution is 7.17. The van der Waals surface area contributed by atoms with Gasteiger partial charge in [-0.3, -0.25) is 14.5 Å². The van der Waals surface area contributed by atoms with Crippen LogP contribution in [0.4, 0.5) is 18.9 Å². The summed E-state index contributed by atoms with van der Waals surface area (Å²) in [5.41, 5.74) is 0.596. The van der Waals surface area contributed by atoms with E-state index in [9.17, 15) is 22.8 Å². The molecule has 0 saturated carbocycles. The van der Waals surface area contributed by atoms with Gasteiger partial charge in [-0.2, -0.15) is 13.2 Å². The number of amides is 2. The first-order valence-electron chi connectivity index (χ1n) is 9.70. The fourth-order valence-corrected chi connectivity index (χ4v) is 4.97. The third-order valence-corrected chi connectivity index (χ3v) is 6.78. The normalized spacial score (nSPS) is 25.7. The minimum atomic E-state index is -4.96. The van der Waals surface area contributed by atoms with E-state index in [0.29, 0.717) is 27.4 Å². The first kappa shape index (κ1) is 20.8. The number of rotatable bonds is 4. The molecule has 10 heteroatoms. The van der Waals surface area contributed by atoms with Gasteiger partial charge in [0.25, 0.3) is 5.91 Å². The second kappa shape index (κ2) is 7.99. The van der Waals surface area contributed by atoms with Crippen molar-refractivity contribution >= 4 is 28.8 Å². The molecule has 1 aromatic heterocycles. The Hall–Kier alpha value is -2.46. The number of piperidine rings is 3. The molecule has 0 spiro atoms. The van der Waals surface area contributed by atoms with Crippen LogP contribution in [-0.4, -0.2) is 53.0 Å². The predicted molar refractivity (Wildman–Crippen MR) is 107 cm³/mol. The zero-order valence-corrected chi connectivity index (χ0v) is 17.0. The first-order valence-corrected chi connectivity index (χ1v) is 10.5. The number of carbonyl (C=O) groups is 2. The van der Waals surface area contributed by atoms with E-state index in [1.54, 1.807) is 6.07 Å². The number of benzene rings is 1. The summed E-state index contributed by atoms with van der Waals surface area (Å²) in [6.07, 6.45) is -1.29. The van der Waals surface area contributed by atoms with Gasteiger partial charge in [0.05, 0.1) is 4.88 Å². The fraction of sp³-hybridized carbons (Fsp3) is 0.450. The molecule has 3 unspecified atom stereocenters. The van der Waals surface area contributed by atoms with Gasteiger partial charge in [0, 0.05) is 30.5 Å². The minimum Gasteiger partial charge on any atom is -0.346 e. The summed E-state index contributed by atoms with van der Waals surface area (Å²) in [5.74, 6) is -1.79. The van der Waals surface area contributed by atoms with Crippen molar-refractivity contribution in [1.29, 1.82) is 0 Å². The number of nitrogens with zero attached hydrogens (tertiary/aromatic N) is 2. The maximum atomic E-state index is 12.7. The number of hydrogen-bond acceptors (Lipinski definition) is 5. The van der Waals surface area contributed by atoms with E-state index in [2.05, 4.69) is 22.1 Å². The standard InChI is InChI=1S/C20H21F3N4O2S/c1-11-7-12-5-6-27(11)10-15(12)26-17(28)18-24-9-16(30-18)13-3-2-4-14(8-13)25-19(29)20(21,22)23/h2-4,8-9,11-12,15H,5-7,10H2,1H3,(H,25,29)(H,26,28)/t11?,12?,15-/m0/s1. The second-order valence-corrected chi connectivity index (χ2v) is 8.80. The third-order valence-electron chi connectivity index (χ3n) is 5.73. The summed E-state index contributed by atoms with van der Waals surface area (Å²) in [5, 5.41) is 5.23. The Labute approximate surface area is 175 Å². The van der Waals surface area contributed by atoms with E-state index in [-0.39, 0.29) is 17.6 Å². The molecule has 30 heavy (non-hydrogen) atoms. The average molecular weight is 438 g/mol. The van der Waals surface area contributed by atoms with Crippen LogP contribution in [-0.2, 0) is 4.79 Å². The highest BCUT2D eigenvalue weighted by Gasteiger charge is 2.39. The highest BCUT2D eigenvalue weighted by atomic mass is 32.1.